The standard InChI is InChI=1S/C15H26N2OS/c1-12(2)18-14-9-7-8-13(15(14)16)17-10-5-4-6-11-19-3/h7-9,12,17H,4-6,10-11,16H2,1-3H3. The van der Waals surface area contributed by atoms with Crippen LogP contribution in [0.15, 0.2) is 18.2 Å². The maximum Gasteiger partial charge on any atom is 0.144 e. The second-order valence-electron chi connectivity index (χ2n) is 4.86. The molecule has 3 nitrogen and oxygen atoms in total. The van der Waals surface area contributed by atoms with Crippen LogP contribution in [0.3, 0.4) is 0 Å². The van der Waals surface area contributed by atoms with Crippen LogP contribution in [0.4, 0.5) is 11.4 Å². The van der Waals surface area contributed by atoms with Crippen LogP contribution in [0.1, 0.15) is 33.1 Å². The molecule has 0 saturated carbocycles. The van der Waals surface area contributed by atoms with E-state index in [0.29, 0.717) is 5.69 Å². The van der Waals surface area contributed by atoms with Gasteiger partial charge in [-0.3, -0.25) is 0 Å². The molecule has 19 heavy (non-hydrogen) atoms. The molecular weight excluding hydrogens is 256 g/mol. The number of anilines is 2. The number of ether oxygens (including phenoxy) is 1. The first kappa shape index (κ1) is 16.0. The maximum absolute atomic E-state index is 6.10. The Morgan fingerprint density at radius 1 is 1.26 bits per heavy atom. The van der Waals surface area contributed by atoms with E-state index in [9.17, 15) is 0 Å². The van der Waals surface area contributed by atoms with E-state index in [2.05, 4.69) is 11.6 Å². The van der Waals surface area contributed by atoms with Gasteiger partial charge in [-0.2, -0.15) is 11.8 Å². The van der Waals surface area contributed by atoms with Crippen LogP contribution in [-0.4, -0.2) is 24.7 Å². The third kappa shape index (κ3) is 6.10. The Bertz CT molecular complexity index is 369. The summed E-state index contributed by atoms with van der Waals surface area (Å²) in [7, 11) is 0. The molecule has 4 heteroatoms. The highest BCUT2D eigenvalue weighted by Gasteiger charge is 2.06. The van der Waals surface area contributed by atoms with Crippen molar-refractivity contribution < 1.29 is 4.74 Å². The van der Waals surface area contributed by atoms with Crippen molar-refractivity contribution >= 4 is 23.1 Å². The van der Waals surface area contributed by atoms with Gasteiger partial charge in [0.2, 0.25) is 0 Å². The predicted octanol–water partition coefficient (Wildman–Crippen LogP) is 4.00. The normalized spacial score (nSPS) is 10.7. The molecule has 1 rings (SSSR count). The Hall–Kier alpha value is -1.03. The molecule has 0 radical (unpaired) electrons. The number of rotatable bonds is 9. The van der Waals surface area contributed by atoms with Crippen molar-refractivity contribution in [2.45, 2.75) is 39.2 Å². The Morgan fingerprint density at radius 2 is 2.05 bits per heavy atom. The molecule has 0 saturated heterocycles. The van der Waals surface area contributed by atoms with Crippen molar-refractivity contribution in [3.8, 4) is 5.75 Å². The number of thioether (sulfide) groups is 1. The Labute approximate surface area is 121 Å². The number of nitrogens with one attached hydrogen (secondary N) is 1. The van der Waals surface area contributed by atoms with E-state index < -0.39 is 0 Å². The molecule has 0 heterocycles. The fraction of sp³-hybridized carbons (Fsp3) is 0.600. The van der Waals surface area contributed by atoms with Crippen molar-refractivity contribution in [1.82, 2.24) is 0 Å². The van der Waals surface area contributed by atoms with Crippen molar-refractivity contribution in [2.24, 2.45) is 0 Å². The zero-order valence-corrected chi connectivity index (χ0v) is 13.1. The van der Waals surface area contributed by atoms with E-state index in [4.69, 9.17) is 10.5 Å². The van der Waals surface area contributed by atoms with Crippen LogP contribution in [0.2, 0.25) is 0 Å². The highest BCUT2D eigenvalue weighted by molar-refractivity contribution is 7.98. The zero-order chi connectivity index (χ0) is 14.1. The quantitative estimate of drug-likeness (QED) is 0.531. The van der Waals surface area contributed by atoms with Gasteiger partial charge in [0, 0.05) is 6.54 Å². The lowest BCUT2D eigenvalue weighted by Gasteiger charge is -2.15. The molecule has 0 bridgehead atoms. The lowest BCUT2D eigenvalue weighted by molar-refractivity contribution is 0.244. The number of para-hydroxylation sites is 1. The second-order valence-corrected chi connectivity index (χ2v) is 5.85. The molecule has 0 amide bonds. The summed E-state index contributed by atoms with van der Waals surface area (Å²) in [6, 6.07) is 5.90. The van der Waals surface area contributed by atoms with Crippen LogP contribution in [0.5, 0.6) is 5.75 Å². The number of hydrogen-bond acceptors (Lipinski definition) is 4. The third-order valence-corrected chi connectivity index (χ3v) is 3.47. The van der Waals surface area contributed by atoms with Gasteiger partial charge in [0.1, 0.15) is 5.75 Å². The molecule has 0 fully saturated rings. The summed E-state index contributed by atoms with van der Waals surface area (Å²) in [6.45, 7) is 4.97. The van der Waals surface area contributed by atoms with Gasteiger partial charge in [-0.1, -0.05) is 12.5 Å². The van der Waals surface area contributed by atoms with Crippen molar-refractivity contribution in [3.05, 3.63) is 18.2 Å². The average molecular weight is 282 g/mol. The second kappa shape index (κ2) is 8.97. The number of unbranched alkanes of at least 4 members (excludes halogenated alkanes) is 2. The Balaban J connectivity index is 2.41. The summed E-state index contributed by atoms with van der Waals surface area (Å²) < 4.78 is 5.68. The molecule has 0 spiro atoms. The summed E-state index contributed by atoms with van der Waals surface area (Å²) in [6.07, 6.45) is 6.02. The Kier molecular flexibility index (Phi) is 7.56. The van der Waals surface area contributed by atoms with Gasteiger partial charge in [-0.15, -0.1) is 0 Å². The average Bonchev–Trinajstić information content (AvgIpc) is 2.37. The first-order valence-corrected chi connectivity index (χ1v) is 8.32. The van der Waals surface area contributed by atoms with Crippen LogP contribution in [-0.2, 0) is 0 Å². The largest absolute Gasteiger partial charge is 0.489 e. The summed E-state index contributed by atoms with van der Waals surface area (Å²) in [5.41, 5.74) is 7.79. The topological polar surface area (TPSA) is 47.3 Å². The maximum atomic E-state index is 6.10. The van der Waals surface area contributed by atoms with E-state index in [0.717, 1.165) is 18.0 Å². The molecule has 0 unspecified atom stereocenters. The van der Waals surface area contributed by atoms with Crippen molar-refractivity contribution in [3.63, 3.8) is 0 Å². The minimum atomic E-state index is 0.143. The minimum absolute atomic E-state index is 0.143. The van der Waals surface area contributed by atoms with Gasteiger partial charge in [0.25, 0.3) is 0 Å². The zero-order valence-electron chi connectivity index (χ0n) is 12.2. The summed E-state index contributed by atoms with van der Waals surface area (Å²) in [5, 5.41) is 3.39. The van der Waals surface area contributed by atoms with E-state index >= 15 is 0 Å². The fourth-order valence-corrected chi connectivity index (χ4v) is 2.32. The van der Waals surface area contributed by atoms with Crippen LogP contribution >= 0.6 is 11.8 Å². The molecule has 0 aromatic heterocycles. The molecule has 0 aliphatic rings. The third-order valence-electron chi connectivity index (χ3n) is 2.77. The number of nitrogens with two attached hydrogens (primary N) is 1. The van der Waals surface area contributed by atoms with Gasteiger partial charge in [-0.25, -0.2) is 0 Å². The van der Waals surface area contributed by atoms with Gasteiger partial charge >= 0.3 is 0 Å². The van der Waals surface area contributed by atoms with Crippen molar-refractivity contribution in [2.75, 3.05) is 29.6 Å². The SMILES string of the molecule is CSCCCCCNc1cccc(OC(C)C)c1N. The van der Waals surface area contributed by atoms with Gasteiger partial charge in [-0.05, 0) is 50.8 Å². The molecular formula is C15H26N2OS. The monoisotopic (exact) mass is 282 g/mol. The number of hydrogen-bond donors (Lipinski definition) is 2. The van der Waals surface area contributed by atoms with Gasteiger partial charge in [0.15, 0.2) is 0 Å². The molecule has 1 aromatic rings. The lowest BCUT2D eigenvalue weighted by atomic mass is 10.2. The van der Waals surface area contributed by atoms with Crippen molar-refractivity contribution in [1.29, 1.82) is 0 Å². The Morgan fingerprint density at radius 3 is 2.74 bits per heavy atom. The van der Waals surface area contributed by atoms with E-state index in [1.165, 1.54) is 25.0 Å². The molecule has 3 N–H and O–H groups in total. The number of benzene rings is 1. The van der Waals surface area contributed by atoms with E-state index in [-0.39, 0.29) is 6.10 Å². The van der Waals surface area contributed by atoms with Crippen LogP contribution < -0.4 is 15.8 Å². The highest BCUT2D eigenvalue weighted by Crippen LogP contribution is 2.30. The smallest absolute Gasteiger partial charge is 0.144 e. The number of nitrogen functional groups attached to an aromatic ring is 1. The lowest BCUT2D eigenvalue weighted by Crippen LogP contribution is -2.10. The molecule has 1 aromatic carbocycles. The summed E-state index contributed by atoms with van der Waals surface area (Å²) in [4.78, 5) is 0. The highest BCUT2D eigenvalue weighted by atomic mass is 32.2. The van der Waals surface area contributed by atoms with E-state index in [1.807, 2.05) is 43.8 Å². The molecule has 0 atom stereocenters. The molecule has 0 aliphatic heterocycles. The molecule has 0 aliphatic carbocycles. The van der Waals surface area contributed by atoms with Gasteiger partial charge < -0.3 is 15.8 Å². The fourth-order valence-electron chi connectivity index (χ4n) is 1.83. The predicted molar refractivity (Wildman–Crippen MR) is 87.3 cm³/mol. The van der Waals surface area contributed by atoms with Crippen LogP contribution in [0.25, 0.3) is 0 Å². The van der Waals surface area contributed by atoms with E-state index in [1.54, 1.807) is 0 Å². The van der Waals surface area contributed by atoms with Crippen LogP contribution in [0, 0.1) is 0 Å². The first-order chi connectivity index (χ1) is 9.15. The summed E-state index contributed by atoms with van der Waals surface area (Å²) >= 11 is 1.91. The molecule has 108 valence electrons. The minimum Gasteiger partial charge on any atom is -0.489 e. The van der Waals surface area contributed by atoms with Gasteiger partial charge in [0.05, 0.1) is 17.5 Å². The first-order valence-electron chi connectivity index (χ1n) is 6.93. The summed E-state index contributed by atoms with van der Waals surface area (Å²) in [5.74, 6) is 2.02.